The van der Waals surface area contributed by atoms with Crippen LogP contribution in [0, 0.1) is 0 Å². The van der Waals surface area contributed by atoms with Crippen molar-refractivity contribution in [2.24, 2.45) is 7.05 Å². The van der Waals surface area contributed by atoms with E-state index in [2.05, 4.69) is 19.9 Å². The lowest BCUT2D eigenvalue weighted by Crippen LogP contribution is -2.23. The van der Waals surface area contributed by atoms with Crippen LogP contribution in [0.4, 0.5) is 18.9 Å². The Morgan fingerprint density at radius 1 is 1.10 bits per heavy atom. The molecule has 0 atom stereocenters. The molecule has 0 saturated heterocycles. The van der Waals surface area contributed by atoms with Crippen LogP contribution in [0.15, 0.2) is 53.9 Å². The average Bonchev–Trinajstić information content (AvgIpc) is 3.32. The average molecular weight is 438 g/mol. The summed E-state index contributed by atoms with van der Waals surface area (Å²) >= 11 is 1.23. The number of benzene rings is 1. The lowest BCUT2D eigenvalue weighted by molar-refractivity contribution is -0.141. The van der Waals surface area contributed by atoms with Crippen molar-refractivity contribution in [3.8, 4) is 5.69 Å². The first-order valence-electron chi connectivity index (χ1n) is 9.08. The van der Waals surface area contributed by atoms with Crippen molar-refractivity contribution in [1.29, 1.82) is 0 Å². The first-order chi connectivity index (χ1) is 14.5. The third kappa shape index (κ3) is 4.30. The summed E-state index contributed by atoms with van der Waals surface area (Å²) in [4.78, 5) is 4.04. The third-order valence-corrected chi connectivity index (χ3v) is 5.36. The number of aryl methyl sites for hydroxylation is 1. The van der Waals surface area contributed by atoms with Gasteiger partial charge in [0.2, 0.25) is 0 Å². The van der Waals surface area contributed by atoms with E-state index in [9.17, 15) is 13.2 Å². The molecule has 12 heteroatoms. The zero-order chi connectivity index (χ0) is 22.4. The number of nitrogens with zero attached hydrogens (tertiary/aromatic N) is 5. The maximum atomic E-state index is 12.9. The second-order valence-corrected chi connectivity index (χ2v) is 8.08. The van der Waals surface area contributed by atoms with E-state index in [1.807, 2.05) is 19.2 Å². The van der Waals surface area contributed by atoms with Gasteiger partial charge < -0.3 is 4.72 Å². The number of aromatic nitrogens is 5. The molecule has 3 heterocycles. The summed E-state index contributed by atoms with van der Waals surface area (Å²) in [5, 5.41) is 8.24. The number of halogens is 3. The van der Waals surface area contributed by atoms with Crippen molar-refractivity contribution in [2.75, 3.05) is 4.72 Å². The molecule has 4 aromatic rings. The fourth-order valence-corrected chi connectivity index (χ4v) is 3.82. The van der Waals surface area contributed by atoms with E-state index in [-0.39, 0.29) is 5.69 Å². The minimum absolute atomic E-state index is 0.250. The van der Waals surface area contributed by atoms with Gasteiger partial charge in [-0.3, -0.25) is 9.67 Å². The van der Waals surface area contributed by atoms with Gasteiger partial charge in [0.05, 0.1) is 49.9 Å². The Kier molecular flexibility index (Phi) is 5.28. The van der Waals surface area contributed by atoms with Crippen molar-refractivity contribution in [3.63, 3.8) is 0 Å². The molecule has 0 bridgehead atoms. The standard InChI is InChI=1S/C19H15B2F3N6S/c1-18(20,21)14-4-3-11-8-26-29(2)17(11)16(14)28-31-13-9-27-30(10-13)12-5-6-25-15(7-12)19(22,23)24/h3-10,28H,1-2H3. The molecule has 3 aromatic heterocycles. The minimum Gasteiger partial charge on any atom is -0.323 e. The molecule has 1 N–H and O–H groups in total. The van der Waals surface area contributed by atoms with Crippen molar-refractivity contribution in [1.82, 2.24) is 24.5 Å². The second-order valence-electron chi connectivity index (χ2n) is 7.20. The van der Waals surface area contributed by atoms with Crippen LogP contribution in [0.25, 0.3) is 16.6 Å². The Labute approximate surface area is 183 Å². The maximum Gasteiger partial charge on any atom is 0.433 e. The molecule has 31 heavy (non-hydrogen) atoms. The summed E-state index contributed by atoms with van der Waals surface area (Å²) < 4.78 is 45.1. The highest BCUT2D eigenvalue weighted by atomic mass is 32.2. The number of hydrogen-bond donors (Lipinski definition) is 1. The molecule has 0 aliphatic rings. The molecule has 0 spiro atoms. The Morgan fingerprint density at radius 3 is 2.58 bits per heavy atom. The molecule has 0 saturated carbocycles. The zero-order valence-electron chi connectivity index (χ0n) is 16.6. The van der Waals surface area contributed by atoms with Crippen LogP contribution in [-0.2, 0) is 18.4 Å². The van der Waals surface area contributed by atoms with Gasteiger partial charge in [0.1, 0.15) is 5.69 Å². The minimum atomic E-state index is -4.53. The Morgan fingerprint density at radius 2 is 1.87 bits per heavy atom. The molecule has 4 radical (unpaired) electrons. The molecule has 0 aliphatic carbocycles. The van der Waals surface area contributed by atoms with E-state index < -0.39 is 17.1 Å². The Bertz CT molecular complexity index is 1250. The van der Waals surface area contributed by atoms with Crippen LogP contribution >= 0.6 is 11.9 Å². The van der Waals surface area contributed by atoms with Gasteiger partial charge in [0.25, 0.3) is 0 Å². The molecule has 0 amide bonds. The SMILES string of the molecule is [B]C([B])(C)c1ccc2cnn(C)c2c1NSc1cnn(-c2ccnc(C(F)(F)F)c2)c1. The van der Waals surface area contributed by atoms with E-state index in [1.165, 1.54) is 22.7 Å². The zero-order valence-corrected chi connectivity index (χ0v) is 17.4. The molecule has 0 aliphatic heterocycles. The number of fused-ring (bicyclic) bond motifs is 1. The predicted octanol–water partition coefficient (Wildman–Crippen LogP) is 3.80. The van der Waals surface area contributed by atoms with Gasteiger partial charge in [-0.2, -0.15) is 23.4 Å². The number of pyridine rings is 1. The number of alkyl halides is 3. The van der Waals surface area contributed by atoms with Crippen molar-refractivity contribution in [3.05, 3.63) is 60.3 Å². The Hall–Kier alpha value is -2.88. The van der Waals surface area contributed by atoms with E-state index in [0.717, 1.165) is 23.2 Å². The fraction of sp³-hybridized carbons (Fsp3) is 0.211. The quantitative estimate of drug-likeness (QED) is 0.380. The highest BCUT2D eigenvalue weighted by Gasteiger charge is 2.32. The first-order valence-corrected chi connectivity index (χ1v) is 9.90. The summed E-state index contributed by atoms with van der Waals surface area (Å²) in [6.45, 7) is 1.69. The van der Waals surface area contributed by atoms with Gasteiger partial charge in [-0.1, -0.05) is 24.3 Å². The van der Waals surface area contributed by atoms with Crippen molar-refractivity contribution < 1.29 is 13.2 Å². The number of nitrogens with one attached hydrogen (secondary N) is 1. The van der Waals surface area contributed by atoms with E-state index >= 15 is 0 Å². The third-order valence-electron chi connectivity index (χ3n) is 4.61. The molecule has 154 valence electrons. The molecular formula is C19H15B2F3N6S. The lowest BCUT2D eigenvalue weighted by Gasteiger charge is -2.24. The van der Waals surface area contributed by atoms with E-state index in [1.54, 1.807) is 30.2 Å². The van der Waals surface area contributed by atoms with Crippen molar-refractivity contribution >= 4 is 44.2 Å². The number of hydrogen-bond acceptors (Lipinski definition) is 5. The topological polar surface area (TPSA) is 60.6 Å². The molecule has 0 fully saturated rings. The molecule has 4 rings (SSSR count). The van der Waals surface area contributed by atoms with E-state index in [4.69, 9.17) is 15.7 Å². The van der Waals surface area contributed by atoms with Crippen molar-refractivity contribution in [2.45, 2.75) is 23.2 Å². The van der Waals surface area contributed by atoms with Gasteiger partial charge in [-0.05, 0) is 29.6 Å². The highest BCUT2D eigenvalue weighted by molar-refractivity contribution is 8.00. The summed E-state index contributed by atoms with van der Waals surface area (Å²) in [7, 11) is 14.1. The van der Waals surface area contributed by atoms with Crippen LogP contribution < -0.4 is 4.72 Å². The summed E-state index contributed by atoms with van der Waals surface area (Å²) in [5.74, 6) is 0. The predicted molar refractivity (Wildman–Crippen MR) is 115 cm³/mol. The van der Waals surface area contributed by atoms with Crippen LogP contribution in [0.2, 0.25) is 0 Å². The van der Waals surface area contributed by atoms with Gasteiger partial charge in [0, 0.05) is 24.8 Å². The highest BCUT2D eigenvalue weighted by Crippen LogP contribution is 2.36. The molecule has 6 nitrogen and oxygen atoms in total. The normalized spacial score (nSPS) is 12.4. The summed E-state index contributed by atoms with van der Waals surface area (Å²) in [6.07, 6.45) is 1.46. The van der Waals surface area contributed by atoms with Crippen LogP contribution in [0.3, 0.4) is 0 Å². The van der Waals surface area contributed by atoms with Crippen LogP contribution in [0.1, 0.15) is 18.2 Å². The van der Waals surface area contributed by atoms with Gasteiger partial charge in [0.15, 0.2) is 0 Å². The van der Waals surface area contributed by atoms with Gasteiger partial charge >= 0.3 is 6.18 Å². The molecule has 1 aromatic carbocycles. The van der Waals surface area contributed by atoms with Crippen LogP contribution in [-0.4, -0.2) is 40.2 Å². The van der Waals surface area contributed by atoms with Gasteiger partial charge in [-0.15, -0.1) is 0 Å². The molecular weight excluding hydrogens is 423 g/mol. The fourth-order valence-electron chi connectivity index (χ4n) is 3.15. The summed E-state index contributed by atoms with van der Waals surface area (Å²) in [5.41, 5.74) is 1.48. The maximum absolute atomic E-state index is 12.9. The Balaban J connectivity index is 1.63. The summed E-state index contributed by atoms with van der Waals surface area (Å²) in [6, 6.07) is 6.13. The van der Waals surface area contributed by atoms with E-state index in [0.29, 0.717) is 16.1 Å². The smallest absolute Gasteiger partial charge is 0.323 e. The first kappa shape index (κ1) is 21.4. The van der Waals surface area contributed by atoms with Gasteiger partial charge in [-0.25, -0.2) is 4.68 Å². The number of anilines is 1. The van der Waals surface area contributed by atoms with Crippen LogP contribution in [0.5, 0.6) is 0 Å². The lowest BCUT2D eigenvalue weighted by atomic mass is 9.52. The number of rotatable bonds is 5. The molecule has 0 unspecified atom stereocenters. The largest absolute Gasteiger partial charge is 0.433 e. The monoisotopic (exact) mass is 438 g/mol. The second kappa shape index (κ2) is 7.67.